The molecule has 3 N–H and O–H groups in total. The van der Waals surface area contributed by atoms with E-state index in [1.54, 1.807) is 60.7 Å². The van der Waals surface area contributed by atoms with Crippen molar-refractivity contribution in [3.05, 3.63) is 96.1 Å². The van der Waals surface area contributed by atoms with Crippen molar-refractivity contribution in [2.75, 3.05) is 5.32 Å². The molecule has 152 valence electrons. The van der Waals surface area contributed by atoms with Crippen LogP contribution < -0.4 is 5.32 Å². The number of nitrogens with one attached hydrogen (secondary N) is 1. The molecule has 0 saturated heterocycles. The number of rotatable bonds is 5. The topological polar surface area (TPSA) is 111 Å². The van der Waals surface area contributed by atoms with Gasteiger partial charge in [0.05, 0.1) is 16.8 Å². The third-order valence-corrected chi connectivity index (χ3v) is 4.63. The second kappa shape index (κ2) is 8.46. The van der Waals surface area contributed by atoms with E-state index in [1.165, 1.54) is 12.1 Å². The fourth-order valence-electron chi connectivity index (χ4n) is 3.12. The fourth-order valence-corrected chi connectivity index (χ4v) is 3.12. The molecule has 0 spiro atoms. The van der Waals surface area contributed by atoms with Crippen LogP contribution in [0.1, 0.15) is 20.7 Å². The maximum absolute atomic E-state index is 12.8. The van der Waals surface area contributed by atoms with Crippen molar-refractivity contribution in [3.63, 3.8) is 0 Å². The van der Waals surface area contributed by atoms with Crippen molar-refractivity contribution in [3.8, 4) is 5.75 Å². The van der Waals surface area contributed by atoms with Gasteiger partial charge in [-0.15, -0.1) is 5.11 Å². The van der Waals surface area contributed by atoms with Crippen LogP contribution in [-0.4, -0.2) is 22.1 Å². The second-order valence-electron chi connectivity index (χ2n) is 6.72. The summed E-state index contributed by atoms with van der Waals surface area (Å²) in [4.78, 5) is 24.0. The van der Waals surface area contributed by atoms with Crippen molar-refractivity contribution >= 4 is 39.7 Å². The summed E-state index contributed by atoms with van der Waals surface area (Å²) in [5, 5.41) is 32.3. The summed E-state index contributed by atoms with van der Waals surface area (Å²) >= 11 is 0. The summed E-state index contributed by atoms with van der Waals surface area (Å²) in [6.07, 6.45) is 0. The Hall–Kier alpha value is -4.52. The smallest absolute Gasteiger partial charge is 0.335 e. The fraction of sp³-hybridized carbons (Fsp3) is 0. The van der Waals surface area contributed by atoms with Crippen molar-refractivity contribution in [1.29, 1.82) is 0 Å². The highest BCUT2D eigenvalue weighted by molar-refractivity contribution is 6.11. The largest absolute Gasteiger partial charge is 0.505 e. The molecule has 31 heavy (non-hydrogen) atoms. The molecule has 0 aliphatic rings. The summed E-state index contributed by atoms with van der Waals surface area (Å²) < 4.78 is 0. The van der Waals surface area contributed by atoms with Gasteiger partial charge in [0, 0.05) is 11.1 Å². The van der Waals surface area contributed by atoms with E-state index in [9.17, 15) is 14.7 Å². The van der Waals surface area contributed by atoms with Gasteiger partial charge in [-0.3, -0.25) is 4.79 Å². The highest BCUT2D eigenvalue weighted by Crippen LogP contribution is 2.39. The number of hydrogen-bond donors (Lipinski definition) is 3. The molecule has 0 aromatic heterocycles. The van der Waals surface area contributed by atoms with Gasteiger partial charge in [-0.1, -0.05) is 48.5 Å². The third kappa shape index (κ3) is 4.25. The zero-order valence-corrected chi connectivity index (χ0v) is 16.2. The predicted molar refractivity (Wildman–Crippen MR) is 118 cm³/mol. The molecule has 4 aromatic carbocycles. The Bertz CT molecular complexity index is 1320. The molecule has 0 aliphatic heterocycles. The Morgan fingerprint density at radius 3 is 2.32 bits per heavy atom. The van der Waals surface area contributed by atoms with Crippen molar-refractivity contribution in [2.45, 2.75) is 0 Å². The minimum atomic E-state index is -1.08. The molecule has 0 unspecified atom stereocenters. The standard InChI is InChI=1S/C24H17N3O4/c28-22-20(23(29)25-17-9-2-1-3-10-17)14-15-7-4-5-12-19(15)21(22)27-26-18-11-6-8-16(13-18)24(30)31/h1-14,28H,(H,25,29)(H,30,31)/b27-26+. The second-order valence-corrected chi connectivity index (χ2v) is 6.72. The van der Waals surface area contributed by atoms with Crippen LogP contribution in [-0.2, 0) is 0 Å². The highest BCUT2D eigenvalue weighted by atomic mass is 16.4. The number of fused-ring (bicyclic) bond motifs is 1. The Labute approximate surface area is 177 Å². The lowest BCUT2D eigenvalue weighted by Gasteiger charge is -2.11. The Balaban J connectivity index is 1.77. The number of nitrogens with zero attached hydrogens (tertiary/aromatic N) is 2. The molecular weight excluding hydrogens is 394 g/mol. The number of phenolic OH excluding ortho intramolecular Hbond substituents is 1. The van der Waals surface area contributed by atoms with E-state index >= 15 is 0 Å². The minimum Gasteiger partial charge on any atom is -0.505 e. The SMILES string of the molecule is O=C(O)c1cccc(/N=N/c2c(O)c(C(=O)Nc3ccccc3)cc3ccccc23)c1. The molecule has 1 amide bonds. The van der Waals surface area contributed by atoms with Gasteiger partial charge in [0.2, 0.25) is 0 Å². The number of azo groups is 1. The first-order valence-electron chi connectivity index (χ1n) is 9.39. The van der Waals surface area contributed by atoms with Crippen molar-refractivity contribution < 1.29 is 19.8 Å². The normalized spacial score (nSPS) is 11.0. The quantitative estimate of drug-likeness (QED) is 0.354. The molecule has 0 fully saturated rings. The lowest BCUT2D eigenvalue weighted by molar-refractivity contribution is 0.0696. The number of benzene rings is 4. The van der Waals surface area contributed by atoms with Crippen LogP contribution in [0.4, 0.5) is 17.1 Å². The van der Waals surface area contributed by atoms with Crippen LogP contribution >= 0.6 is 0 Å². The number of amides is 1. The Morgan fingerprint density at radius 2 is 1.55 bits per heavy atom. The van der Waals surface area contributed by atoms with Gasteiger partial charge in [0.25, 0.3) is 5.91 Å². The van der Waals surface area contributed by atoms with E-state index in [1.807, 2.05) is 12.1 Å². The molecule has 7 heteroatoms. The molecule has 4 aromatic rings. The van der Waals surface area contributed by atoms with E-state index < -0.39 is 11.9 Å². The lowest BCUT2D eigenvalue weighted by atomic mass is 10.0. The molecule has 0 heterocycles. The average molecular weight is 411 g/mol. The van der Waals surface area contributed by atoms with E-state index in [0.29, 0.717) is 22.1 Å². The van der Waals surface area contributed by atoms with Crippen LogP contribution in [0.2, 0.25) is 0 Å². The number of carbonyl (C=O) groups is 2. The molecule has 0 aliphatic carbocycles. The first-order valence-corrected chi connectivity index (χ1v) is 9.39. The number of phenols is 1. The van der Waals surface area contributed by atoms with Gasteiger partial charge in [-0.05, 0) is 41.8 Å². The molecule has 0 bridgehead atoms. The molecule has 0 saturated carbocycles. The van der Waals surface area contributed by atoms with E-state index in [-0.39, 0.29) is 22.6 Å². The Kier molecular flexibility index (Phi) is 5.40. The maximum atomic E-state index is 12.8. The molecule has 7 nitrogen and oxygen atoms in total. The number of carbonyl (C=O) groups excluding carboxylic acids is 1. The van der Waals surface area contributed by atoms with Gasteiger partial charge >= 0.3 is 5.97 Å². The van der Waals surface area contributed by atoms with Crippen LogP contribution in [0.5, 0.6) is 5.75 Å². The third-order valence-electron chi connectivity index (χ3n) is 4.63. The number of hydrogen-bond acceptors (Lipinski definition) is 5. The zero-order valence-electron chi connectivity index (χ0n) is 16.2. The van der Waals surface area contributed by atoms with Crippen molar-refractivity contribution in [2.24, 2.45) is 10.2 Å². The van der Waals surface area contributed by atoms with Gasteiger partial charge in [-0.25, -0.2) is 4.79 Å². The number of para-hydroxylation sites is 1. The summed E-state index contributed by atoms with van der Waals surface area (Å²) in [6, 6.07) is 23.6. The molecule has 4 rings (SSSR count). The van der Waals surface area contributed by atoms with Gasteiger partial charge in [0.15, 0.2) is 5.75 Å². The van der Waals surface area contributed by atoms with E-state index in [4.69, 9.17) is 5.11 Å². The van der Waals surface area contributed by atoms with Crippen LogP contribution in [0.15, 0.2) is 95.2 Å². The summed E-state index contributed by atoms with van der Waals surface area (Å²) in [5.74, 6) is -1.88. The average Bonchev–Trinajstić information content (AvgIpc) is 2.79. The molecular formula is C24H17N3O4. The van der Waals surface area contributed by atoms with Crippen LogP contribution in [0.3, 0.4) is 0 Å². The predicted octanol–water partition coefficient (Wildman–Crippen LogP) is 5.91. The summed E-state index contributed by atoms with van der Waals surface area (Å²) in [6.45, 7) is 0. The van der Waals surface area contributed by atoms with Gasteiger partial charge in [0.1, 0.15) is 5.69 Å². The first kappa shape index (κ1) is 19.8. The van der Waals surface area contributed by atoms with Gasteiger partial charge < -0.3 is 15.5 Å². The highest BCUT2D eigenvalue weighted by Gasteiger charge is 2.18. The number of anilines is 1. The summed E-state index contributed by atoms with van der Waals surface area (Å²) in [5.41, 5.74) is 1.14. The lowest BCUT2D eigenvalue weighted by Crippen LogP contribution is -2.12. The van der Waals surface area contributed by atoms with E-state index in [0.717, 1.165) is 0 Å². The molecule has 0 radical (unpaired) electrons. The van der Waals surface area contributed by atoms with Gasteiger partial charge in [-0.2, -0.15) is 5.11 Å². The number of aromatic carboxylic acids is 1. The van der Waals surface area contributed by atoms with Crippen LogP contribution in [0, 0.1) is 0 Å². The number of carboxylic acids is 1. The zero-order chi connectivity index (χ0) is 21.8. The Morgan fingerprint density at radius 1 is 0.806 bits per heavy atom. The number of aromatic hydroxyl groups is 1. The van der Waals surface area contributed by atoms with E-state index in [2.05, 4.69) is 15.5 Å². The summed E-state index contributed by atoms with van der Waals surface area (Å²) in [7, 11) is 0. The first-order chi connectivity index (χ1) is 15.0. The number of carboxylic acid groups (broad SMARTS) is 1. The minimum absolute atomic E-state index is 0.0517. The monoisotopic (exact) mass is 411 g/mol. The molecule has 0 atom stereocenters. The van der Waals surface area contributed by atoms with Crippen molar-refractivity contribution in [1.82, 2.24) is 0 Å². The maximum Gasteiger partial charge on any atom is 0.335 e. The van der Waals surface area contributed by atoms with Crippen LogP contribution in [0.25, 0.3) is 10.8 Å².